The zero-order valence-corrected chi connectivity index (χ0v) is 19.5. The Morgan fingerprint density at radius 2 is 1.70 bits per heavy atom. The van der Waals surface area contributed by atoms with Crippen LogP contribution in [0.4, 0.5) is 4.39 Å². The van der Waals surface area contributed by atoms with Gasteiger partial charge in [-0.25, -0.2) is 4.39 Å². The van der Waals surface area contributed by atoms with E-state index in [9.17, 15) is 14.0 Å². The van der Waals surface area contributed by atoms with Gasteiger partial charge in [0, 0.05) is 23.0 Å². The van der Waals surface area contributed by atoms with Crippen LogP contribution in [0.25, 0.3) is 0 Å². The molecule has 0 radical (unpaired) electrons. The van der Waals surface area contributed by atoms with Gasteiger partial charge in [-0.1, -0.05) is 61.7 Å². The molecule has 0 aliphatic heterocycles. The molecule has 2 aromatic carbocycles. The van der Waals surface area contributed by atoms with Crippen LogP contribution < -0.4 is 0 Å². The molecule has 6 heteroatoms. The summed E-state index contributed by atoms with van der Waals surface area (Å²) in [6.07, 6.45) is 4.96. The maximum Gasteiger partial charge on any atom is 0.254 e. The van der Waals surface area contributed by atoms with Gasteiger partial charge < -0.3 is 9.80 Å². The minimum atomic E-state index is -0.445. The molecule has 2 amide bonds. The van der Waals surface area contributed by atoms with Crippen molar-refractivity contribution in [1.82, 2.24) is 9.80 Å². The van der Waals surface area contributed by atoms with E-state index in [1.54, 1.807) is 28.4 Å². The number of hydrogen-bond acceptors (Lipinski definition) is 3. The first-order valence-electron chi connectivity index (χ1n) is 11.5. The Bertz CT molecular complexity index is 1050. The second-order valence-corrected chi connectivity index (χ2v) is 9.58. The molecule has 4 nitrogen and oxygen atoms in total. The summed E-state index contributed by atoms with van der Waals surface area (Å²) < 4.78 is 13.8. The van der Waals surface area contributed by atoms with Crippen LogP contribution in [-0.4, -0.2) is 34.2 Å². The predicted molar refractivity (Wildman–Crippen MR) is 129 cm³/mol. The van der Waals surface area contributed by atoms with Crippen molar-refractivity contribution in [2.75, 3.05) is 6.54 Å². The summed E-state index contributed by atoms with van der Waals surface area (Å²) >= 11 is 1.61. The van der Waals surface area contributed by atoms with E-state index >= 15 is 0 Å². The molecular formula is C27H29FN2O2S. The molecule has 1 heterocycles. The van der Waals surface area contributed by atoms with Crippen LogP contribution in [0.1, 0.15) is 52.9 Å². The van der Waals surface area contributed by atoms with Crippen molar-refractivity contribution in [2.24, 2.45) is 0 Å². The van der Waals surface area contributed by atoms with Crippen LogP contribution in [-0.2, 0) is 17.9 Å². The largest absolute Gasteiger partial charge is 0.332 e. The highest BCUT2D eigenvalue weighted by molar-refractivity contribution is 7.09. The first-order valence-corrected chi connectivity index (χ1v) is 12.4. The normalized spacial score (nSPS) is 14.1. The molecule has 1 fully saturated rings. The molecule has 0 atom stereocenters. The molecule has 1 saturated carbocycles. The Kier molecular flexibility index (Phi) is 7.89. The van der Waals surface area contributed by atoms with E-state index in [0.29, 0.717) is 18.7 Å². The third-order valence-corrected chi connectivity index (χ3v) is 7.01. The van der Waals surface area contributed by atoms with E-state index in [4.69, 9.17) is 0 Å². The van der Waals surface area contributed by atoms with Crippen LogP contribution >= 0.6 is 11.3 Å². The zero-order valence-electron chi connectivity index (χ0n) is 18.7. The molecule has 0 saturated heterocycles. The molecule has 0 N–H and O–H groups in total. The van der Waals surface area contributed by atoms with E-state index in [-0.39, 0.29) is 24.4 Å². The smallest absolute Gasteiger partial charge is 0.254 e. The van der Waals surface area contributed by atoms with Crippen molar-refractivity contribution in [3.63, 3.8) is 0 Å². The number of halogens is 1. The Morgan fingerprint density at radius 3 is 2.39 bits per heavy atom. The monoisotopic (exact) mass is 464 g/mol. The van der Waals surface area contributed by atoms with Crippen molar-refractivity contribution in [3.8, 4) is 0 Å². The van der Waals surface area contributed by atoms with Crippen molar-refractivity contribution in [2.45, 2.75) is 51.2 Å². The summed E-state index contributed by atoms with van der Waals surface area (Å²) in [5, 5.41) is 2.00. The van der Waals surface area contributed by atoms with Gasteiger partial charge in [0.05, 0.1) is 6.54 Å². The molecule has 0 bridgehead atoms. The van der Waals surface area contributed by atoms with E-state index in [2.05, 4.69) is 0 Å². The standard InChI is InChI=1S/C27H29FN2O2S/c28-23-12-7-11-22(17-23)27(32)30(24-13-5-2-6-14-24)20-26(31)29(19-25-15-8-16-33-25)18-21-9-3-1-4-10-21/h1,3-4,7-12,15-17,24H,2,5-6,13-14,18-20H2. The number of carbonyl (C=O) groups is 2. The molecule has 1 aliphatic carbocycles. The fourth-order valence-corrected chi connectivity index (χ4v) is 5.14. The third kappa shape index (κ3) is 6.29. The molecule has 3 aromatic rings. The number of carbonyl (C=O) groups excluding carboxylic acids is 2. The number of benzene rings is 2. The summed E-state index contributed by atoms with van der Waals surface area (Å²) in [5.74, 6) is -0.813. The summed E-state index contributed by atoms with van der Waals surface area (Å²) in [6, 6.07) is 19.6. The molecule has 4 rings (SSSR count). The van der Waals surface area contributed by atoms with Crippen molar-refractivity contribution >= 4 is 23.2 Å². The molecule has 33 heavy (non-hydrogen) atoms. The lowest BCUT2D eigenvalue weighted by Crippen LogP contribution is -2.48. The van der Waals surface area contributed by atoms with Gasteiger partial charge in [0.2, 0.25) is 5.91 Å². The zero-order chi connectivity index (χ0) is 23.0. The van der Waals surface area contributed by atoms with E-state index < -0.39 is 5.82 Å². The summed E-state index contributed by atoms with van der Waals surface area (Å²) in [6.45, 7) is 0.973. The molecule has 0 unspecified atom stereocenters. The maximum absolute atomic E-state index is 13.8. The summed E-state index contributed by atoms with van der Waals surface area (Å²) in [7, 11) is 0. The van der Waals surface area contributed by atoms with Gasteiger partial charge in [-0.05, 0) is 48.1 Å². The molecule has 0 spiro atoms. The Balaban J connectivity index is 1.57. The van der Waals surface area contributed by atoms with Gasteiger partial charge in [0.15, 0.2) is 0 Å². The van der Waals surface area contributed by atoms with Crippen molar-refractivity contribution in [1.29, 1.82) is 0 Å². The van der Waals surface area contributed by atoms with Gasteiger partial charge in [-0.3, -0.25) is 9.59 Å². The molecular weight excluding hydrogens is 435 g/mol. The molecule has 1 aromatic heterocycles. The van der Waals surface area contributed by atoms with Gasteiger partial charge in [0.1, 0.15) is 12.4 Å². The lowest BCUT2D eigenvalue weighted by Gasteiger charge is -2.35. The topological polar surface area (TPSA) is 40.6 Å². The van der Waals surface area contributed by atoms with Crippen LogP contribution in [0.5, 0.6) is 0 Å². The highest BCUT2D eigenvalue weighted by Gasteiger charge is 2.30. The lowest BCUT2D eigenvalue weighted by atomic mass is 9.93. The minimum absolute atomic E-state index is 0.00113. The second kappa shape index (κ2) is 11.2. The Morgan fingerprint density at radius 1 is 0.909 bits per heavy atom. The van der Waals surface area contributed by atoms with Gasteiger partial charge in [-0.2, -0.15) is 0 Å². The number of nitrogens with zero attached hydrogens (tertiary/aromatic N) is 2. The van der Waals surface area contributed by atoms with Crippen LogP contribution in [0.2, 0.25) is 0 Å². The fraction of sp³-hybridized carbons (Fsp3) is 0.333. The van der Waals surface area contributed by atoms with Crippen LogP contribution in [0, 0.1) is 5.82 Å². The lowest BCUT2D eigenvalue weighted by molar-refractivity contribution is -0.133. The highest BCUT2D eigenvalue weighted by atomic mass is 32.1. The first kappa shape index (κ1) is 23.2. The molecule has 172 valence electrons. The second-order valence-electron chi connectivity index (χ2n) is 8.55. The van der Waals surface area contributed by atoms with Gasteiger partial charge in [-0.15, -0.1) is 11.3 Å². The van der Waals surface area contributed by atoms with Crippen molar-refractivity contribution in [3.05, 3.63) is 93.9 Å². The van der Waals surface area contributed by atoms with E-state index in [1.165, 1.54) is 12.1 Å². The van der Waals surface area contributed by atoms with Gasteiger partial charge in [0.25, 0.3) is 5.91 Å². The van der Waals surface area contributed by atoms with E-state index in [1.807, 2.05) is 52.7 Å². The summed E-state index contributed by atoms with van der Waals surface area (Å²) in [5.41, 5.74) is 1.34. The van der Waals surface area contributed by atoms with Crippen molar-refractivity contribution < 1.29 is 14.0 Å². The summed E-state index contributed by atoms with van der Waals surface area (Å²) in [4.78, 5) is 31.6. The van der Waals surface area contributed by atoms with E-state index in [0.717, 1.165) is 42.5 Å². The Labute approximate surface area is 198 Å². The average molecular weight is 465 g/mol. The Hall–Kier alpha value is -2.99. The molecule has 1 aliphatic rings. The minimum Gasteiger partial charge on any atom is -0.332 e. The van der Waals surface area contributed by atoms with Crippen LogP contribution in [0.3, 0.4) is 0 Å². The number of amides is 2. The number of rotatable bonds is 8. The average Bonchev–Trinajstić information content (AvgIpc) is 3.36. The highest BCUT2D eigenvalue weighted by Crippen LogP contribution is 2.25. The SMILES string of the molecule is O=C(CN(C(=O)c1cccc(F)c1)C1CCCCC1)N(Cc1ccccc1)Cc1cccs1. The van der Waals surface area contributed by atoms with Gasteiger partial charge >= 0.3 is 0 Å². The fourth-order valence-electron chi connectivity index (χ4n) is 4.42. The first-order chi connectivity index (χ1) is 16.1. The predicted octanol–water partition coefficient (Wildman–Crippen LogP) is 5.89. The number of hydrogen-bond donors (Lipinski definition) is 0. The van der Waals surface area contributed by atoms with Crippen LogP contribution in [0.15, 0.2) is 72.1 Å². The third-order valence-electron chi connectivity index (χ3n) is 6.15. The quantitative estimate of drug-likeness (QED) is 0.417. The number of thiophene rings is 1. The maximum atomic E-state index is 13.8.